The zero-order valence-corrected chi connectivity index (χ0v) is 14.2. The van der Waals surface area contributed by atoms with Gasteiger partial charge in [0.25, 0.3) is 5.91 Å². The van der Waals surface area contributed by atoms with Crippen molar-refractivity contribution >= 4 is 28.9 Å². The third-order valence-corrected chi connectivity index (χ3v) is 3.84. The first kappa shape index (κ1) is 17.2. The maximum absolute atomic E-state index is 12.2. The molecule has 5 heteroatoms. The number of carbonyl (C=O) groups excluding carboxylic acids is 1. The van der Waals surface area contributed by atoms with Crippen LogP contribution in [0.3, 0.4) is 0 Å². The highest BCUT2D eigenvalue weighted by atomic mass is 35.5. The predicted octanol–water partition coefficient (Wildman–Crippen LogP) is 4.45. The summed E-state index contributed by atoms with van der Waals surface area (Å²) in [5.74, 6) is 0.868. The summed E-state index contributed by atoms with van der Waals surface area (Å²) in [6.07, 6.45) is -0.628. The summed E-state index contributed by atoms with van der Waals surface area (Å²) < 4.78 is 5.67. The highest BCUT2D eigenvalue weighted by Gasteiger charge is 2.15. The molecular formula is C18H21ClN2O2. The molecule has 122 valence electrons. The van der Waals surface area contributed by atoms with Crippen molar-refractivity contribution in [3.8, 4) is 5.75 Å². The van der Waals surface area contributed by atoms with Crippen molar-refractivity contribution < 1.29 is 9.53 Å². The first-order chi connectivity index (χ1) is 10.9. The van der Waals surface area contributed by atoms with Crippen LogP contribution in [0.25, 0.3) is 0 Å². The third kappa shape index (κ3) is 4.63. The molecular weight excluding hydrogens is 312 g/mol. The lowest BCUT2D eigenvalue weighted by Gasteiger charge is -2.16. The fraction of sp³-hybridized carbons (Fsp3) is 0.278. The second kappa shape index (κ2) is 7.38. The van der Waals surface area contributed by atoms with E-state index in [0.717, 1.165) is 0 Å². The molecule has 2 aromatic carbocycles. The van der Waals surface area contributed by atoms with E-state index in [2.05, 4.69) is 19.2 Å². The SMILES string of the molecule is CC(C)c1ccc(O[C@@H](C)C(=O)Nc2ccc(Cl)c(N)c2)cc1. The van der Waals surface area contributed by atoms with E-state index in [4.69, 9.17) is 22.1 Å². The lowest BCUT2D eigenvalue weighted by atomic mass is 10.0. The van der Waals surface area contributed by atoms with Gasteiger partial charge >= 0.3 is 0 Å². The molecule has 0 radical (unpaired) electrons. The molecule has 2 rings (SSSR count). The lowest BCUT2D eigenvalue weighted by molar-refractivity contribution is -0.122. The molecule has 1 amide bonds. The highest BCUT2D eigenvalue weighted by Crippen LogP contribution is 2.23. The average molecular weight is 333 g/mol. The summed E-state index contributed by atoms with van der Waals surface area (Å²) in [5.41, 5.74) is 7.95. The molecule has 0 bridgehead atoms. The fourth-order valence-electron chi connectivity index (χ4n) is 2.05. The topological polar surface area (TPSA) is 64.3 Å². The van der Waals surface area contributed by atoms with Gasteiger partial charge in [-0.05, 0) is 48.7 Å². The first-order valence-electron chi connectivity index (χ1n) is 7.49. The Morgan fingerprint density at radius 2 is 1.78 bits per heavy atom. The number of benzene rings is 2. The molecule has 0 aliphatic rings. The van der Waals surface area contributed by atoms with Gasteiger partial charge in [0.05, 0.1) is 10.7 Å². The number of amides is 1. The molecule has 0 saturated carbocycles. The molecule has 0 saturated heterocycles. The van der Waals surface area contributed by atoms with E-state index in [1.54, 1.807) is 25.1 Å². The Morgan fingerprint density at radius 3 is 2.35 bits per heavy atom. The van der Waals surface area contributed by atoms with Gasteiger partial charge in [-0.15, -0.1) is 0 Å². The number of hydrogen-bond acceptors (Lipinski definition) is 3. The highest BCUT2D eigenvalue weighted by molar-refractivity contribution is 6.33. The van der Waals surface area contributed by atoms with Gasteiger partial charge in [0, 0.05) is 5.69 Å². The number of nitrogen functional groups attached to an aromatic ring is 1. The van der Waals surface area contributed by atoms with E-state index in [0.29, 0.717) is 28.1 Å². The van der Waals surface area contributed by atoms with Gasteiger partial charge in [0.15, 0.2) is 6.10 Å². The normalized spacial score (nSPS) is 12.0. The second-order valence-corrected chi connectivity index (χ2v) is 6.12. The van der Waals surface area contributed by atoms with Crippen LogP contribution in [-0.2, 0) is 4.79 Å². The molecule has 3 N–H and O–H groups in total. The Labute approximate surface area is 141 Å². The standard InChI is InChI=1S/C18H21ClN2O2/c1-11(2)13-4-7-15(8-5-13)23-12(3)18(22)21-14-6-9-16(19)17(20)10-14/h4-12H,20H2,1-3H3,(H,21,22)/t12-/m0/s1. The maximum Gasteiger partial charge on any atom is 0.265 e. The van der Waals surface area contributed by atoms with E-state index in [1.807, 2.05) is 24.3 Å². The van der Waals surface area contributed by atoms with Crippen molar-refractivity contribution in [1.82, 2.24) is 0 Å². The molecule has 0 unspecified atom stereocenters. The number of carbonyl (C=O) groups is 1. The maximum atomic E-state index is 12.2. The minimum atomic E-state index is -0.628. The molecule has 0 aliphatic carbocycles. The van der Waals surface area contributed by atoms with E-state index in [9.17, 15) is 4.79 Å². The largest absolute Gasteiger partial charge is 0.481 e. The number of nitrogens with two attached hydrogens (primary N) is 1. The summed E-state index contributed by atoms with van der Waals surface area (Å²) in [6, 6.07) is 12.7. The van der Waals surface area contributed by atoms with Crippen molar-refractivity contribution in [2.45, 2.75) is 32.8 Å². The number of anilines is 2. The molecule has 4 nitrogen and oxygen atoms in total. The van der Waals surface area contributed by atoms with E-state index < -0.39 is 6.10 Å². The van der Waals surface area contributed by atoms with Crippen LogP contribution in [0.4, 0.5) is 11.4 Å². The average Bonchev–Trinajstić information content (AvgIpc) is 2.51. The minimum Gasteiger partial charge on any atom is -0.481 e. The molecule has 0 fully saturated rings. The van der Waals surface area contributed by atoms with Crippen molar-refractivity contribution in [2.24, 2.45) is 0 Å². The van der Waals surface area contributed by atoms with Gasteiger partial charge in [0.2, 0.25) is 0 Å². The number of rotatable bonds is 5. The summed E-state index contributed by atoms with van der Waals surface area (Å²) in [7, 11) is 0. The van der Waals surface area contributed by atoms with Crippen LogP contribution in [-0.4, -0.2) is 12.0 Å². The van der Waals surface area contributed by atoms with Crippen LogP contribution in [0.1, 0.15) is 32.3 Å². The van der Waals surface area contributed by atoms with Crippen molar-refractivity contribution in [3.63, 3.8) is 0 Å². The Bertz CT molecular complexity index is 684. The van der Waals surface area contributed by atoms with Gasteiger partial charge in [-0.1, -0.05) is 37.6 Å². The minimum absolute atomic E-state index is 0.250. The van der Waals surface area contributed by atoms with Gasteiger partial charge in [-0.3, -0.25) is 4.79 Å². The van der Waals surface area contributed by atoms with E-state index >= 15 is 0 Å². The van der Waals surface area contributed by atoms with E-state index in [1.165, 1.54) is 5.56 Å². The summed E-state index contributed by atoms with van der Waals surface area (Å²) in [6.45, 7) is 5.96. The quantitative estimate of drug-likeness (QED) is 0.795. The monoisotopic (exact) mass is 332 g/mol. The number of halogens is 1. The summed E-state index contributed by atoms with van der Waals surface area (Å²) >= 11 is 5.86. The first-order valence-corrected chi connectivity index (χ1v) is 7.87. The van der Waals surface area contributed by atoms with Crippen LogP contribution < -0.4 is 15.8 Å². The van der Waals surface area contributed by atoms with Crippen LogP contribution in [0.5, 0.6) is 5.75 Å². The Morgan fingerprint density at radius 1 is 1.13 bits per heavy atom. The van der Waals surface area contributed by atoms with Crippen LogP contribution in [0, 0.1) is 0 Å². The fourth-order valence-corrected chi connectivity index (χ4v) is 2.17. The van der Waals surface area contributed by atoms with Crippen molar-refractivity contribution in [2.75, 3.05) is 11.1 Å². The van der Waals surface area contributed by atoms with Crippen LogP contribution in [0.15, 0.2) is 42.5 Å². The van der Waals surface area contributed by atoms with Crippen LogP contribution in [0.2, 0.25) is 5.02 Å². The lowest BCUT2D eigenvalue weighted by Crippen LogP contribution is -2.30. The Kier molecular flexibility index (Phi) is 5.50. The molecule has 23 heavy (non-hydrogen) atoms. The van der Waals surface area contributed by atoms with Gasteiger partial charge in [0.1, 0.15) is 5.75 Å². The summed E-state index contributed by atoms with van der Waals surface area (Å²) in [4.78, 5) is 12.2. The Balaban J connectivity index is 1.97. The predicted molar refractivity (Wildman–Crippen MR) is 95.1 cm³/mol. The zero-order chi connectivity index (χ0) is 17.0. The third-order valence-electron chi connectivity index (χ3n) is 3.49. The second-order valence-electron chi connectivity index (χ2n) is 5.71. The Hall–Kier alpha value is -2.20. The van der Waals surface area contributed by atoms with Gasteiger partial charge in [-0.2, -0.15) is 0 Å². The molecule has 2 aromatic rings. The summed E-state index contributed by atoms with van der Waals surface area (Å²) in [5, 5.41) is 3.21. The van der Waals surface area contributed by atoms with Gasteiger partial charge < -0.3 is 15.8 Å². The molecule has 1 atom stereocenters. The van der Waals surface area contributed by atoms with Crippen molar-refractivity contribution in [1.29, 1.82) is 0 Å². The van der Waals surface area contributed by atoms with Crippen molar-refractivity contribution in [3.05, 3.63) is 53.1 Å². The number of ether oxygens (including phenoxy) is 1. The molecule has 0 heterocycles. The van der Waals surface area contributed by atoms with Gasteiger partial charge in [-0.25, -0.2) is 0 Å². The molecule has 0 aromatic heterocycles. The molecule has 0 aliphatic heterocycles. The molecule has 0 spiro atoms. The van der Waals surface area contributed by atoms with Crippen LogP contribution >= 0.6 is 11.6 Å². The number of hydrogen-bond donors (Lipinski definition) is 2. The number of nitrogens with one attached hydrogen (secondary N) is 1. The smallest absolute Gasteiger partial charge is 0.265 e. The zero-order valence-electron chi connectivity index (χ0n) is 13.5. The van der Waals surface area contributed by atoms with E-state index in [-0.39, 0.29) is 5.91 Å².